The van der Waals surface area contributed by atoms with Crippen molar-refractivity contribution in [1.82, 2.24) is 10.3 Å². The molecule has 0 spiro atoms. The minimum Gasteiger partial charge on any atom is -0.361 e. The second-order valence-electron chi connectivity index (χ2n) is 7.04. The zero-order valence-corrected chi connectivity index (χ0v) is 15.8. The van der Waals surface area contributed by atoms with E-state index in [0.717, 1.165) is 19.4 Å². The molecule has 3 nitrogen and oxygen atoms in total. The van der Waals surface area contributed by atoms with E-state index in [1.54, 1.807) is 0 Å². The quantitative estimate of drug-likeness (QED) is 0.447. The van der Waals surface area contributed by atoms with Crippen molar-refractivity contribution in [2.75, 3.05) is 6.54 Å². The number of hydrogen-bond acceptors (Lipinski definition) is 1. The number of para-hydroxylation sites is 1. The lowest BCUT2D eigenvalue weighted by molar-refractivity contribution is -0.121. The predicted octanol–water partition coefficient (Wildman–Crippen LogP) is 5.75. The van der Waals surface area contributed by atoms with Crippen LogP contribution >= 0.6 is 0 Å². The second-order valence-corrected chi connectivity index (χ2v) is 7.04. The third-order valence-electron chi connectivity index (χ3n) is 4.90. The van der Waals surface area contributed by atoms with Gasteiger partial charge in [0.15, 0.2) is 0 Å². The van der Waals surface area contributed by atoms with Crippen LogP contribution < -0.4 is 5.32 Å². The lowest BCUT2D eigenvalue weighted by Gasteiger charge is -2.05. The molecule has 3 heteroatoms. The van der Waals surface area contributed by atoms with Crippen molar-refractivity contribution in [3.05, 3.63) is 36.0 Å². The van der Waals surface area contributed by atoms with Gasteiger partial charge in [0.2, 0.25) is 5.91 Å². The van der Waals surface area contributed by atoms with Gasteiger partial charge in [0.05, 0.1) is 0 Å². The van der Waals surface area contributed by atoms with Crippen LogP contribution in [-0.2, 0) is 11.2 Å². The van der Waals surface area contributed by atoms with Crippen LogP contribution in [0, 0.1) is 0 Å². The summed E-state index contributed by atoms with van der Waals surface area (Å²) in [4.78, 5) is 15.2. The van der Waals surface area contributed by atoms with E-state index in [2.05, 4.69) is 41.6 Å². The maximum absolute atomic E-state index is 11.9. The summed E-state index contributed by atoms with van der Waals surface area (Å²) >= 11 is 0. The predicted molar refractivity (Wildman–Crippen MR) is 107 cm³/mol. The fraction of sp³-hybridized carbons (Fsp3) is 0.591. The number of nitrogens with one attached hydrogen (secondary N) is 2. The Morgan fingerprint density at radius 3 is 2.40 bits per heavy atom. The summed E-state index contributed by atoms with van der Waals surface area (Å²) in [6.45, 7) is 2.98. The number of carbonyl (C=O) groups excluding carboxylic acids is 1. The molecule has 1 heterocycles. The van der Waals surface area contributed by atoms with Gasteiger partial charge in [0.25, 0.3) is 0 Å². The van der Waals surface area contributed by atoms with Crippen LogP contribution in [0.15, 0.2) is 30.5 Å². The van der Waals surface area contributed by atoms with Crippen LogP contribution in [-0.4, -0.2) is 17.4 Å². The third kappa shape index (κ3) is 7.33. The van der Waals surface area contributed by atoms with E-state index in [-0.39, 0.29) is 5.91 Å². The number of hydrogen-bond donors (Lipinski definition) is 2. The summed E-state index contributed by atoms with van der Waals surface area (Å²) in [5.74, 6) is 0.197. The number of aromatic amines is 1. The van der Waals surface area contributed by atoms with Crippen LogP contribution in [0.4, 0.5) is 0 Å². The molecule has 1 aromatic carbocycles. The summed E-state index contributed by atoms with van der Waals surface area (Å²) < 4.78 is 0. The van der Waals surface area contributed by atoms with Crippen molar-refractivity contribution in [2.45, 2.75) is 77.6 Å². The summed E-state index contributed by atoms with van der Waals surface area (Å²) in [7, 11) is 0. The molecule has 0 radical (unpaired) electrons. The van der Waals surface area contributed by atoms with E-state index < -0.39 is 0 Å². The van der Waals surface area contributed by atoms with Crippen molar-refractivity contribution in [2.24, 2.45) is 0 Å². The minimum absolute atomic E-state index is 0.197. The molecule has 1 amide bonds. The van der Waals surface area contributed by atoms with Gasteiger partial charge in [-0.15, -0.1) is 0 Å². The monoisotopic (exact) mass is 342 g/mol. The number of unbranched alkanes of at least 4 members (excludes halogenated alkanes) is 8. The number of carbonyl (C=O) groups is 1. The van der Waals surface area contributed by atoms with Crippen molar-refractivity contribution in [3.8, 4) is 0 Å². The molecule has 0 aliphatic heterocycles. The molecule has 0 saturated carbocycles. The van der Waals surface area contributed by atoms with E-state index in [1.807, 2.05) is 6.07 Å². The molecule has 25 heavy (non-hydrogen) atoms. The van der Waals surface area contributed by atoms with Crippen LogP contribution in [0.5, 0.6) is 0 Å². The first-order chi connectivity index (χ1) is 12.3. The van der Waals surface area contributed by atoms with Crippen LogP contribution in [0.1, 0.15) is 76.7 Å². The zero-order chi connectivity index (χ0) is 17.7. The maximum Gasteiger partial charge on any atom is 0.220 e. The van der Waals surface area contributed by atoms with Crippen LogP contribution in [0.2, 0.25) is 0 Å². The summed E-state index contributed by atoms with van der Waals surface area (Å²) in [5, 5.41) is 4.32. The fourth-order valence-electron chi connectivity index (χ4n) is 3.36. The van der Waals surface area contributed by atoms with Gasteiger partial charge in [-0.25, -0.2) is 0 Å². The normalized spacial score (nSPS) is 11.1. The van der Waals surface area contributed by atoms with Gasteiger partial charge in [-0.1, -0.05) is 76.5 Å². The van der Waals surface area contributed by atoms with E-state index >= 15 is 0 Å². The van der Waals surface area contributed by atoms with Gasteiger partial charge in [-0.3, -0.25) is 4.79 Å². The highest BCUT2D eigenvalue weighted by molar-refractivity contribution is 5.83. The van der Waals surface area contributed by atoms with Crippen LogP contribution in [0.3, 0.4) is 0 Å². The Morgan fingerprint density at radius 2 is 1.64 bits per heavy atom. The van der Waals surface area contributed by atoms with Gasteiger partial charge in [-0.05, 0) is 24.5 Å². The molecule has 2 aromatic rings. The Labute approximate surface area is 152 Å². The molecule has 138 valence electrons. The Kier molecular flexibility index (Phi) is 9.17. The molecule has 0 saturated heterocycles. The van der Waals surface area contributed by atoms with Crippen molar-refractivity contribution >= 4 is 16.8 Å². The summed E-state index contributed by atoms with van der Waals surface area (Å²) in [6, 6.07) is 8.31. The van der Waals surface area contributed by atoms with Gasteiger partial charge in [-0.2, -0.15) is 0 Å². The molecule has 0 bridgehead atoms. The highest BCUT2D eigenvalue weighted by Crippen LogP contribution is 2.17. The third-order valence-corrected chi connectivity index (χ3v) is 4.90. The Morgan fingerprint density at radius 1 is 0.960 bits per heavy atom. The molecule has 0 aliphatic carbocycles. The van der Waals surface area contributed by atoms with Gasteiger partial charge in [0.1, 0.15) is 0 Å². The zero-order valence-electron chi connectivity index (χ0n) is 15.8. The topological polar surface area (TPSA) is 44.9 Å². The van der Waals surface area contributed by atoms with E-state index in [9.17, 15) is 4.79 Å². The number of rotatable bonds is 13. The Hall–Kier alpha value is -1.77. The highest BCUT2D eigenvalue weighted by atomic mass is 16.1. The number of fused-ring (bicyclic) bond motifs is 1. The lowest BCUT2D eigenvalue weighted by Crippen LogP contribution is -2.25. The minimum atomic E-state index is 0.197. The van der Waals surface area contributed by atoms with Gasteiger partial charge in [0, 0.05) is 30.1 Å². The summed E-state index contributed by atoms with van der Waals surface area (Å²) in [6.07, 6.45) is 15.2. The number of amides is 1. The molecule has 2 N–H and O–H groups in total. The Bertz CT molecular complexity index is 617. The van der Waals surface area contributed by atoms with E-state index in [4.69, 9.17) is 0 Å². The van der Waals surface area contributed by atoms with E-state index in [1.165, 1.54) is 67.8 Å². The number of benzene rings is 1. The average Bonchev–Trinajstić information content (AvgIpc) is 3.04. The first-order valence-corrected chi connectivity index (χ1v) is 10.1. The van der Waals surface area contributed by atoms with Gasteiger partial charge >= 0.3 is 0 Å². The smallest absolute Gasteiger partial charge is 0.220 e. The molecule has 0 unspecified atom stereocenters. The fourth-order valence-corrected chi connectivity index (χ4v) is 3.36. The molecule has 0 fully saturated rings. The van der Waals surface area contributed by atoms with Crippen molar-refractivity contribution in [1.29, 1.82) is 0 Å². The first-order valence-electron chi connectivity index (χ1n) is 10.1. The second kappa shape index (κ2) is 11.7. The lowest BCUT2D eigenvalue weighted by atomic mass is 10.1. The number of H-pyrrole nitrogens is 1. The molecule has 2 rings (SSSR count). The molecule has 0 atom stereocenters. The van der Waals surface area contributed by atoms with Crippen molar-refractivity contribution in [3.63, 3.8) is 0 Å². The average molecular weight is 343 g/mol. The summed E-state index contributed by atoms with van der Waals surface area (Å²) in [5.41, 5.74) is 2.44. The molecular weight excluding hydrogens is 308 g/mol. The molecule has 1 aromatic heterocycles. The Balaban J connectivity index is 1.49. The molecular formula is C22H34N2O. The standard InChI is InChI=1S/C22H34N2O/c1-2-3-4-5-6-7-8-9-10-15-22(25)23-17-16-19-18-24-21-14-12-11-13-20(19)21/h11-14,18,24H,2-10,15-17H2,1H3,(H,23,25). The van der Waals surface area contributed by atoms with Crippen LogP contribution in [0.25, 0.3) is 10.9 Å². The van der Waals surface area contributed by atoms with Gasteiger partial charge < -0.3 is 10.3 Å². The maximum atomic E-state index is 11.9. The largest absolute Gasteiger partial charge is 0.361 e. The number of aromatic nitrogens is 1. The SMILES string of the molecule is CCCCCCCCCCCC(=O)NCCc1c[nH]c2ccccc12. The molecule has 0 aliphatic rings. The van der Waals surface area contributed by atoms with E-state index in [0.29, 0.717) is 6.42 Å². The first kappa shape index (κ1) is 19.6. The highest BCUT2D eigenvalue weighted by Gasteiger charge is 2.04. The van der Waals surface area contributed by atoms with Crippen molar-refractivity contribution < 1.29 is 4.79 Å².